The van der Waals surface area contributed by atoms with Crippen molar-refractivity contribution in [2.45, 2.75) is 13.3 Å². The van der Waals surface area contributed by atoms with Crippen LogP contribution in [0.2, 0.25) is 0 Å². The highest BCUT2D eigenvalue weighted by atomic mass is 19.1. The van der Waals surface area contributed by atoms with Gasteiger partial charge in [0.2, 0.25) is 0 Å². The molecule has 0 fully saturated rings. The number of ether oxygens (including phenoxy) is 1. The predicted molar refractivity (Wildman–Crippen MR) is 68.0 cm³/mol. The summed E-state index contributed by atoms with van der Waals surface area (Å²) in [7, 11) is 1.38. The molecule has 0 N–H and O–H groups in total. The summed E-state index contributed by atoms with van der Waals surface area (Å²) in [6.45, 7) is 2.72. The number of terminal acetylenes is 1. The highest BCUT2D eigenvalue weighted by Gasteiger charge is 2.15. The fourth-order valence-electron chi connectivity index (χ4n) is 1.61. The van der Waals surface area contributed by atoms with Crippen molar-refractivity contribution in [2.24, 2.45) is 0 Å². The molecule has 0 saturated carbocycles. The van der Waals surface area contributed by atoms with Gasteiger partial charge in [-0.25, -0.2) is 4.39 Å². The molecule has 0 aliphatic rings. The Morgan fingerprint density at radius 1 is 1.56 bits per heavy atom. The number of carbonyl (C=O) groups excluding carboxylic acids is 1. The molecule has 96 valence electrons. The smallest absolute Gasteiger partial charge is 0.254 e. The first kappa shape index (κ1) is 14.0. The van der Waals surface area contributed by atoms with E-state index in [1.54, 1.807) is 0 Å². The largest absolute Gasteiger partial charge is 0.494 e. The summed E-state index contributed by atoms with van der Waals surface area (Å²) in [4.78, 5) is 13.6. The minimum absolute atomic E-state index is 0.116. The zero-order valence-corrected chi connectivity index (χ0v) is 10.6. The first-order valence-corrected chi connectivity index (χ1v) is 5.70. The lowest BCUT2D eigenvalue weighted by Gasteiger charge is -2.19. The molecule has 0 aliphatic heterocycles. The number of nitrogens with zero attached hydrogens (tertiary/aromatic N) is 1. The third kappa shape index (κ3) is 3.24. The van der Waals surface area contributed by atoms with Crippen LogP contribution in [-0.2, 0) is 0 Å². The predicted octanol–water partition coefficient (Wildman–Crippen LogP) is 2.32. The van der Waals surface area contributed by atoms with Crippen LogP contribution in [-0.4, -0.2) is 31.0 Å². The summed E-state index contributed by atoms with van der Waals surface area (Å²) in [6.07, 6.45) is 6.01. The van der Waals surface area contributed by atoms with Crippen molar-refractivity contribution in [2.75, 3.05) is 20.2 Å². The van der Waals surface area contributed by atoms with Gasteiger partial charge in [-0.1, -0.05) is 12.8 Å². The summed E-state index contributed by atoms with van der Waals surface area (Å²) in [6, 6.07) is 4.13. The third-order valence-corrected chi connectivity index (χ3v) is 2.46. The van der Waals surface area contributed by atoms with Crippen molar-refractivity contribution < 1.29 is 13.9 Å². The molecule has 0 aromatic heterocycles. The lowest BCUT2D eigenvalue weighted by molar-refractivity contribution is 0.0776. The number of benzene rings is 1. The van der Waals surface area contributed by atoms with Crippen LogP contribution in [0.4, 0.5) is 4.39 Å². The van der Waals surface area contributed by atoms with E-state index in [0.717, 1.165) is 6.42 Å². The highest BCUT2D eigenvalue weighted by Crippen LogP contribution is 2.18. The van der Waals surface area contributed by atoms with Crippen LogP contribution in [0.1, 0.15) is 23.7 Å². The van der Waals surface area contributed by atoms with Crippen LogP contribution in [0.3, 0.4) is 0 Å². The zero-order valence-electron chi connectivity index (χ0n) is 10.6. The van der Waals surface area contributed by atoms with Gasteiger partial charge in [0.15, 0.2) is 11.6 Å². The Morgan fingerprint density at radius 3 is 2.78 bits per heavy atom. The SMILES string of the molecule is C#CCN(CCC)C(=O)c1ccc(OC)c(F)c1. The fraction of sp³-hybridized carbons (Fsp3) is 0.357. The molecule has 4 heteroatoms. The minimum Gasteiger partial charge on any atom is -0.494 e. The van der Waals surface area contributed by atoms with E-state index in [0.29, 0.717) is 6.54 Å². The van der Waals surface area contributed by atoms with Gasteiger partial charge in [0, 0.05) is 12.1 Å². The Morgan fingerprint density at radius 2 is 2.28 bits per heavy atom. The van der Waals surface area contributed by atoms with Gasteiger partial charge >= 0.3 is 0 Å². The molecule has 3 nitrogen and oxygen atoms in total. The average molecular weight is 249 g/mol. The molecular formula is C14H16FNO2. The van der Waals surface area contributed by atoms with E-state index in [4.69, 9.17) is 11.2 Å². The third-order valence-electron chi connectivity index (χ3n) is 2.46. The maximum absolute atomic E-state index is 13.5. The molecule has 1 rings (SSSR count). The van der Waals surface area contributed by atoms with Crippen LogP contribution < -0.4 is 4.74 Å². The molecule has 1 aromatic rings. The second kappa shape index (κ2) is 6.65. The van der Waals surface area contributed by atoms with Crippen molar-refractivity contribution in [1.29, 1.82) is 0 Å². The van der Waals surface area contributed by atoms with E-state index in [1.807, 2.05) is 6.92 Å². The van der Waals surface area contributed by atoms with Gasteiger partial charge in [0.25, 0.3) is 5.91 Å². The van der Waals surface area contributed by atoms with Crippen molar-refractivity contribution in [1.82, 2.24) is 4.90 Å². The summed E-state index contributed by atoms with van der Waals surface area (Å²) in [5.41, 5.74) is 0.275. The lowest BCUT2D eigenvalue weighted by atomic mass is 10.1. The molecule has 0 heterocycles. The number of methoxy groups -OCH3 is 1. The molecule has 0 radical (unpaired) electrons. The quantitative estimate of drug-likeness (QED) is 0.749. The van der Waals surface area contributed by atoms with Gasteiger partial charge in [-0.05, 0) is 24.6 Å². The standard InChI is InChI=1S/C14H16FNO2/c1-4-8-16(9-5-2)14(17)11-6-7-13(18-3)12(15)10-11/h1,6-7,10H,5,8-9H2,2-3H3. The number of hydrogen-bond donors (Lipinski definition) is 0. The summed E-state index contributed by atoms with van der Waals surface area (Å²) < 4.78 is 18.3. The molecule has 0 saturated heterocycles. The Hall–Kier alpha value is -2.02. The van der Waals surface area contributed by atoms with Gasteiger partial charge in [-0.3, -0.25) is 4.79 Å². The van der Waals surface area contributed by atoms with Crippen molar-refractivity contribution >= 4 is 5.91 Å². The van der Waals surface area contributed by atoms with Crippen LogP contribution in [0.15, 0.2) is 18.2 Å². The molecular weight excluding hydrogens is 233 g/mol. The Balaban J connectivity index is 2.95. The molecule has 1 aromatic carbocycles. The lowest BCUT2D eigenvalue weighted by Crippen LogP contribution is -2.32. The average Bonchev–Trinajstić information content (AvgIpc) is 2.37. The maximum atomic E-state index is 13.5. The van der Waals surface area contributed by atoms with Crippen LogP contribution in [0.25, 0.3) is 0 Å². The topological polar surface area (TPSA) is 29.5 Å². The molecule has 0 atom stereocenters. The molecule has 0 aliphatic carbocycles. The maximum Gasteiger partial charge on any atom is 0.254 e. The van der Waals surface area contributed by atoms with Crippen LogP contribution in [0, 0.1) is 18.2 Å². The number of amides is 1. The van der Waals surface area contributed by atoms with Crippen molar-refractivity contribution in [3.05, 3.63) is 29.6 Å². The molecule has 0 unspecified atom stereocenters. The van der Waals surface area contributed by atoms with Crippen LogP contribution >= 0.6 is 0 Å². The minimum atomic E-state index is -0.555. The Labute approximate surface area is 107 Å². The molecule has 18 heavy (non-hydrogen) atoms. The van der Waals surface area contributed by atoms with E-state index < -0.39 is 5.82 Å². The zero-order chi connectivity index (χ0) is 13.5. The summed E-state index contributed by atoms with van der Waals surface area (Å²) >= 11 is 0. The van der Waals surface area contributed by atoms with Crippen LogP contribution in [0.5, 0.6) is 5.75 Å². The van der Waals surface area contributed by atoms with Gasteiger partial charge in [0.1, 0.15) is 0 Å². The van der Waals surface area contributed by atoms with Gasteiger partial charge < -0.3 is 9.64 Å². The second-order valence-electron chi connectivity index (χ2n) is 3.78. The Bertz CT molecular complexity index is 465. The summed E-state index contributed by atoms with van der Waals surface area (Å²) in [5.74, 6) is 1.72. The van der Waals surface area contributed by atoms with E-state index in [9.17, 15) is 9.18 Å². The van der Waals surface area contributed by atoms with Crippen molar-refractivity contribution in [3.8, 4) is 18.1 Å². The van der Waals surface area contributed by atoms with E-state index in [1.165, 1.54) is 30.2 Å². The van der Waals surface area contributed by atoms with E-state index in [-0.39, 0.29) is 23.8 Å². The number of carbonyl (C=O) groups is 1. The van der Waals surface area contributed by atoms with Gasteiger partial charge in [-0.2, -0.15) is 0 Å². The molecule has 0 bridgehead atoms. The van der Waals surface area contributed by atoms with Gasteiger partial charge in [-0.15, -0.1) is 6.42 Å². The first-order valence-electron chi connectivity index (χ1n) is 5.70. The number of hydrogen-bond acceptors (Lipinski definition) is 2. The molecule has 0 spiro atoms. The normalized spacial score (nSPS) is 9.67. The van der Waals surface area contributed by atoms with Crippen molar-refractivity contribution in [3.63, 3.8) is 0 Å². The summed E-state index contributed by atoms with van der Waals surface area (Å²) in [5, 5.41) is 0. The number of rotatable bonds is 5. The van der Waals surface area contributed by atoms with E-state index in [2.05, 4.69) is 5.92 Å². The Kier molecular flexibility index (Phi) is 5.19. The first-order chi connectivity index (χ1) is 8.63. The monoisotopic (exact) mass is 249 g/mol. The number of halogens is 1. The second-order valence-corrected chi connectivity index (χ2v) is 3.78. The van der Waals surface area contributed by atoms with Gasteiger partial charge in [0.05, 0.1) is 13.7 Å². The highest BCUT2D eigenvalue weighted by molar-refractivity contribution is 5.94. The fourth-order valence-corrected chi connectivity index (χ4v) is 1.61. The van der Waals surface area contributed by atoms with E-state index >= 15 is 0 Å². The molecule has 1 amide bonds.